The minimum Gasteiger partial charge on any atom is -0.484 e. The van der Waals surface area contributed by atoms with Crippen molar-refractivity contribution in [1.82, 2.24) is 29.5 Å². The highest BCUT2D eigenvalue weighted by Crippen LogP contribution is 2.25. The van der Waals surface area contributed by atoms with Gasteiger partial charge in [0.25, 0.3) is 5.91 Å². The van der Waals surface area contributed by atoms with Crippen molar-refractivity contribution in [3.63, 3.8) is 0 Å². The molecule has 0 spiro atoms. The minimum absolute atomic E-state index is 0.132. The van der Waals surface area contributed by atoms with Gasteiger partial charge in [-0.3, -0.25) is 14.2 Å². The molecule has 0 bridgehead atoms. The number of carbonyl (C=O) groups excluding carboxylic acids is 2. The van der Waals surface area contributed by atoms with Crippen molar-refractivity contribution in [3.8, 4) is 5.75 Å². The first-order valence-electron chi connectivity index (χ1n) is 10.4. The number of amides is 2. The first-order valence-corrected chi connectivity index (χ1v) is 11.2. The first-order chi connectivity index (χ1) is 15.9. The van der Waals surface area contributed by atoms with E-state index in [1.165, 1.54) is 51.2 Å². The fourth-order valence-electron chi connectivity index (χ4n) is 3.35. The third-order valence-corrected chi connectivity index (χ3v) is 6.33. The lowest BCUT2D eigenvalue weighted by molar-refractivity contribution is -0.134. The molecule has 0 saturated carbocycles. The van der Waals surface area contributed by atoms with Gasteiger partial charge in [-0.2, -0.15) is 5.10 Å². The second-order valence-electron chi connectivity index (χ2n) is 7.56. The lowest BCUT2D eigenvalue weighted by Gasteiger charge is -2.26. The van der Waals surface area contributed by atoms with E-state index >= 15 is 0 Å². The Bertz CT molecular complexity index is 1200. The fraction of sp³-hybridized carbons (Fsp3) is 0.381. The molecule has 0 aliphatic carbocycles. The summed E-state index contributed by atoms with van der Waals surface area (Å²) in [6.07, 6.45) is 2.23. The molecule has 1 aliphatic heterocycles. The number of thiazole rings is 1. The van der Waals surface area contributed by atoms with E-state index in [1.807, 2.05) is 0 Å². The van der Waals surface area contributed by atoms with E-state index in [4.69, 9.17) is 4.74 Å². The van der Waals surface area contributed by atoms with Crippen LogP contribution in [0.1, 0.15) is 22.0 Å². The summed E-state index contributed by atoms with van der Waals surface area (Å²) in [4.78, 5) is 43.7. The largest absolute Gasteiger partial charge is 0.484 e. The predicted molar refractivity (Wildman–Crippen MR) is 117 cm³/mol. The smallest absolute Gasteiger partial charge is 0.345 e. The zero-order valence-corrected chi connectivity index (χ0v) is 18.8. The van der Waals surface area contributed by atoms with Crippen molar-refractivity contribution in [1.29, 1.82) is 0 Å². The van der Waals surface area contributed by atoms with Crippen LogP contribution in [-0.4, -0.2) is 49.2 Å². The number of nitrogens with zero attached hydrogens (tertiary/aromatic N) is 5. The number of rotatable bonds is 8. The van der Waals surface area contributed by atoms with Crippen LogP contribution < -0.4 is 15.7 Å². The van der Waals surface area contributed by atoms with Gasteiger partial charge in [0.1, 0.15) is 22.9 Å². The van der Waals surface area contributed by atoms with Crippen molar-refractivity contribution in [2.24, 2.45) is 7.05 Å². The average Bonchev–Trinajstić information content (AvgIpc) is 3.37. The maximum Gasteiger partial charge on any atom is 0.345 e. The molecule has 174 valence electrons. The number of aryl methyl sites for hydroxylation is 2. The molecule has 0 fully saturated rings. The molecule has 2 aromatic heterocycles. The number of hydrogen-bond donors (Lipinski definition) is 1. The van der Waals surface area contributed by atoms with E-state index < -0.39 is 0 Å². The van der Waals surface area contributed by atoms with Crippen LogP contribution in [0.2, 0.25) is 0 Å². The molecule has 1 N–H and O–H groups in total. The number of hydrogen-bond acceptors (Lipinski definition) is 7. The van der Waals surface area contributed by atoms with Gasteiger partial charge in [-0.05, 0) is 24.3 Å². The highest BCUT2D eigenvalue weighted by Gasteiger charge is 2.24. The average molecular weight is 475 g/mol. The Kier molecular flexibility index (Phi) is 6.82. The molecule has 10 nitrogen and oxygen atoms in total. The van der Waals surface area contributed by atoms with Crippen molar-refractivity contribution in [2.45, 2.75) is 32.5 Å². The highest BCUT2D eigenvalue weighted by atomic mass is 32.1. The molecule has 0 unspecified atom stereocenters. The summed E-state index contributed by atoms with van der Waals surface area (Å²) in [6, 6.07) is 5.52. The van der Waals surface area contributed by atoms with Crippen LogP contribution in [0, 0.1) is 5.82 Å². The van der Waals surface area contributed by atoms with Gasteiger partial charge in [0.2, 0.25) is 5.91 Å². The van der Waals surface area contributed by atoms with Gasteiger partial charge in [-0.1, -0.05) is 0 Å². The molecule has 0 atom stereocenters. The number of nitrogens with one attached hydrogen (secondary N) is 1. The van der Waals surface area contributed by atoms with Crippen LogP contribution in [0.4, 0.5) is 4.39 Å². The zero-order valence-electron chi connectivity index (χ0n) is 18.0. The minimum atomic E-state index is -0.364. The van der Waals surface area contributed by atoms with Gasteiger partial charge >= 0.3 is 5.69 Å². The molecule has 33 heavy (non-hydrogen) atoms. The number of carbonyl (C=O) groups is 2. The van der Waals surface area contributed by atoms with Crippen LogP contribution >= 0.6 is 11.3 Å². The number of benzene rings is 1. The van der Waals surface area contributed by atoms with E-state index in [0.29, 0.717) is 25.3 Å². The van der Waals surface area contributed by atoms with E-state index in [1.54, 1.807) is 11.9 Å². The van der Waals surface area contributed by atoms with E-state index in [2.05, 4.69) is 15.4 Å². The summed E-state index contributed by atoms with van der Waals surface area (Å²) >= 11 is 1.52. The summed E-state index contributed by atoms with van der Waals surface area (Å²) in [6.45, 7) is 1.30. The third-order valence-electron chi connectivity index (χ3n) is 5.17. The van der Waals surface area contributed by atoms with Crippen molar-refractivity contribution >= 4 is 23.2 Å². The summed E-state index contributed by atoms with van der Waals surface area (Å²) in [7, 11) is 1.60. The third kappa shape index (κ3) is 5.64. The second kappa shape index (κ2) is 9.94. The van der Waals surface area contributed by atoms with E-state index in [-0.39, 0.29) is 49.4 Å². The summed E-state index contributed by atoms with van der Waals surface area (Å²) in [5, 5.41) is 7.50. The van der Waals surface area contributed by atoms with Crippen LogP contribution in [0.3, 0.4) is 0 Å². The van der Waals surface area contributed by atoms with Gasteiger partial charge in [0, 0.05) is 31.3 Å². The molecule has 3 heterocycles. The molecular formula is C21H23FN6O4S. The van der Waals surface area contributed by atoms with Gasteiger partial charge in [-0.25, -0.2) is 18.9 Å². The quantitative estimate of drug-likeness (QED) is 0.518. The molecule has 1 aliphatic rings. The number of fused-ring (bicyclic) bond motifs is 1. The zero-order chi connectivity index (χ0) is 23.4. The fourth-order valence-corrected chi connectivity index (χ4v) is 4.36. The molecule has 0 saturated heterocycles. The topological polar surface area (TPSA) is 111 Å². The predicted octanol–water partition coefficient (Wildman–Crippen LogP) is 0.848. The molecular weight excluding hydrogens is 451 g/mol. The molecule has 1 aromatic carbocycles. The maximum atomic E-state index is 13.0. The summed E-state index contributed by atoms with van der Waals surface area (Å²) < 4.78 is 21.0. The van der Waals surface area contributed by atoms with Crippen LogP contribution in [0.15, 0.2) is 35.4 Å². The molecule has 4 rings (SSSR count). The first kappa shape index (κ1) is 22.6. The van der Waals surface area contributed by atoms with Gasteiger partial charge in [-0.15, -0.1) is 11.3 Å². The van der Waals surface area contributed by atoms with Crippen molar-refractivity contribution in [3.05, 3.63) is 62.5 Å². The lowest BCUT2D eigenvalue weighted by atomic mass is 10.2. The Morgan fingerprint density at radius 3 is 2.79 bits per heavy atom. The standard InChI is InChI=1S/C21H23FN6O4S/c1-26-13-24-28(21(26)31)9-7-18(29)23-10-19-25-16-11-27(8-6-17(16)33-19)20(30)12-32-15-4-2-14(22)3-5-15/h2-5,13H,6-12H2,1H3,(H,23,29). The number of ether oxygens (including phenoxy) is 1. The van der Waals surface area contributed by atoms with E-state index in [9.17, 15) is 18.8 Å². The van der Waals surface area contributed by atoms with Gasteiger partial charge < -0.3 is 15.0 Å². The van der Waals surface area contributed by atoms with Crippen LogP contribution in [-0.2, 0) is 42.7 Å². The monoisotopic (exact) mass is 474 g/mol. The van der Waals surface area contributed by atoms with Crippen LogP contribution in [0.5, 0.6) is 5.75 Å². The Hall–Kier alpha value is -3.54. The molecule has 3 aromatic rings. The molecule has 0 radical (unpaired) electrons. The number of halogens is 1. The van der Waals surface area contributed by atoms with E-state index in [0.717, 1.165) is 15.6 Å². The Morgan fingerprint density at radius 1 is 1.27 bits per heavy atom. The van der Waals surface area contributed by atoms with Gasteiger partial charge in [0.15, 0.2) is 6.61 Å². The van der Waals surface area contributed by atoms with Crippen molar-refractivity contribution < 1.29 is 18.7 Å². The molecule has 2 amide bonds. The second-order valence-corrected chi connectivity index (χ2v) is 8.73. The van der Waals surface area contributed by atoms with Crippen LogP contribution in [0.25, 0.3) is 0 Å². The number of aromatic nitrogens is 4. The lowest BCUT2D eigenvalue weighted by Crippen LogP contribution is -2.38. The summed E-state index contributed by atoms with van der Waals surface area (Å²) in [5.74, 6) is -0.299. The SMILES string of the molecule is Cn1cnn(CCC(=O)NCc2nc3c(s2)CCN(C(=O)COc2ccc(F)cc2)C3)c1=O. The Balaban J connectivity index is 1.24. The maximum absolute atomic E-state index is 13.0. The molecule has 12 heteroatoms. The highest BCUT2D eigenvalue weighted by molar-refractivity contribution is 7.11. The van der Waals surface area contributed by atoms with Gasteiger partial charge in [0.05, 0.1) is 25.3 Å². The Labute approximate surface area is 192 Å². The Morgan fingerprint density at radius 2 is 2.06 bits per heavy atom. The summed E-state index contributed by atoms with van der Waals surface area (Å²) in [5.41, 5.74) is 0.559. The normalized spacial score (nSPS) is 13.0. The van der Waals surface area contributed by atoms with Crippen molar-refractivity contribution in [2.75, 3.05) is 13.2 Å².